The second kappa shape index (κ2) is 12.6. The summed E-state index contributed by atoms with van der Waals surface area (Å²) in [5.74, 6) is -0.532. The predicted molar refractivity (Wildman–Crippen MR) is 166 cm³/mol. The predicted octanol–water partition coefficient (Wildman–Crippen LogP) is 5.93. The highest BCUT2D eigenvalue weighted by Gasteiger charge is 2.29. The number of carbonyl (C=O) groups is 2. The Bertz CT molecular complexity index is 1360. The minimum atomic E-state index is -0.734. The molecule has 1 saturated carbocycles. The van der Waals surface area contributed by atoms with E-state index in [1.54, 1.807) is 23.6 Å². The van der Waals surface area contributed by atoms with Crippen LogP contribution in [-0.2, 0) is 4.79 Å². The second-order valence-corrected chi connectivity index (χ2v) is 13.4. The quantitative estimate of drug-likeness (QED) is 0.338. The lowest BCUT2D eigenvalue weighted by Crippen LogP contribution is -2.50. The van der Waals surface area contributed by atoms with Crippen LogP contribution in [0.2, 0.25) is 5.02 Å². The third kappa shape index (κ3) is 6.53. The number of hydrogen-bond acceptors (Lipinski definition) is 9. The smallest absolute Gasteiger partial charge is 0.306 e. The van der Waals surface area contributed by atoms with Gasteiger partial charge in [-0.3, -0.25) is 19.8 Å². The van der Waals surface area contributed by atoms with Crippen molar-refractivity contribution in [3.63, 3.8) is 0 Å². The number of thiophene rings is 1. The summed E-state index contributed by atoms with van der Waals surface area (Å²) in [4.78, 5) is 41.9. The molecule has 0 atom stereocenters. The molecule has 3 fully saturated rings. The lowest BCUT2D eigenvalue weighted by molar-refractivity contribution is -0.142. The number of thiazole rings is 1. The van der Waals surface area contributed by atoms with Gasteiger partial charge in [0, 0.05) is 56.9 Å². The number of aromatic nitrogens is 2. The van der Waals surface area contributed by atoms with Crippen LogP contribution in [0.15, 0.2) is 29.8 Å². The van der Waals surface area contributed by atoms with Crippen molar-refractivity contribution in [1.29, 1.82) is 0 Å². The highest BCUT2D eigenvalue weighted by Crippen LogP contribution is 2.42. The number of nitrogens with one attached hydrogen (secondary N) is 1. The molecule has 41 heavy (non-hydrogen) atoms. The van der Waals surface area contributed by atoms with Gasteiger partial charge in [-0.1, -0.05) is 42.2 Å². The third-order valence-electron chi connectivity index (χ3n) is 8.50. The van der Waals surface area contributed by atoms with Crippen molar-refractivity contribution >= 4 is 62.1 Å². The van der Waals surface area contributed by atoms with Crippen LogP contribution in [0.25, 0.3) is 10.6 Å². The normalized spacial score (nSPS) is 19.4. The maximum Gasteiger partial charge on any atom is 0.306 e. The number of carboxylic acid groups (broad SMARTS) is 1. The van der Waals surface area contributed by atoms with Gasteiger partial charge >= 0.3 is 5.97 Å². The maximum absolute atomic E-state index is 13.2. The summed E-state index contributed by atoms with van der Waals surface area (Å²) < 4.78 is 0. The fraction of sp³-hybridized carbons (Fsp3) is 0.517. The largest absolute Gasteiger partial charge is 0.481 e. The van der Waals surface area contributed by atoms with Gasteiger partial charge in [0.1, 0.15) is 16.5 Å². The first-order valence-corrected chi connectivity index (χ1v) is 16.5. The zero-order chi connectivity index (χ0) is 28.3. The van der Waals surface area contributed by atoms with Gasteiger partial charge in [-0.2, -0.15) is 0 Å². The maximum atomic E-state index is 13.2. The number of pyridine rings is 1. The molecule has 0 bridgehead atoms. The van der Waals surface area contributed by atoms with Gasteiger partial charge in [0.2, 0.25) is 0 Å². The fourth-order valence-electron chi connectivity index (χ4n) is 6.15. The molecule has 12 heteroatoms. The Morgan fingerprint density at radius 1 is 0.976 bits per heavy atom. The molecule has 3 aliphatic rings. The van der Waals surface area contributed by atoms with Crippen molar-refractivity contribution in [2.24, 2.45) is 5.92 Å². The molecule has 9 nitrogen and oxygen atoms in total. The van der Waals surface area contributed by atoms with Gasteiger partial charge in [-0.05, 0) is 43.9 Å². The van der Waals surface area contributed by atoms with Crippen LogP contribution < -0.4 is 15.1 Å². The van der Waals surface area contributed by atoms with Crippen LogP contribution in [0.4, 0.5) is 16.0 Å². The minimum absolute atomic E-state index is 0.258. The van der Waals surface area contributed by atoms with Gasteiger partial charge in [0.05, 0.1) is 21.4 Å². The molecule has 0 radical (unpaired) electrons. The first-order valence-electron chi connectivity index (χ1n) is 14.4. The van der Waals surface area contributed by atoms with Crippen LogP contribution >= 0.6 is 34.3 Å². The number of hydrogen-bond donors (Lipinski definition) is 2. The van der Waals surface area contributed by atoms with Crippen LogP contribution in [0, 0.1) is 5.92 Å². The highest BCUT2D eigenvalue weighted by molar-refractivity contribution is 7.21. The van der Waals surface area contributed by atoms with Gasteiger partial charge in [0.25, 0.3) is 5.91 Å². The van der Waals surface area contributed by atoms with E-state index in [4.69, 9.17) is 16.6 Å². The molecule has 0 aromatic carbocycles. The van der Waals surface area contributed by atoms with E-state index in [1.165, 1.54) is 43.4 Å². The van der Waals surface area contributed by atoms with Crippen LogP contribution in [-0.4, -0.2) is 77.2 Å². The van der Waals surface area contributed by atoms with Crippen molar-refractivity contribution in [2.75, 3.05) is 54.4 Å². The van der Waals surface area contributed by atoms with Crippen molar-refractivity contribution in [1.82, 2.24) is 14.9 Å². The molecule has 2 aliphatic heterocycles. The van der Waals surface area contributed by atoms with Gasteiger partial charge in [-0.15, -0.1) is 11.3 Å². The SMILES string of the molecule is O=C(Nc1nc(-c2cc(Cl)cs2)c(N2CCN(C3CCCCC3)CC2)s1)c1ccc(N2CCC(C(=O)O)CC2)nc1. The molecule has 6 rings (SSSR count). The molecular weight excluding hydrogens is 580 g/mol. The molecule has 0 unspecified atom stereocenters. The first-order chi connectivity index (χ1) is 19.9. The number of anilines is 3. The number of piperidine rings is 1. The summed E-state index contributed by atoms with van der Waals surface area (Å²) in [5, 5.41) is 16.5. The number of nitrogens with zero attached hydrogens (tertiary/aromatic N) is 5. The number of carbonyl (C=O) groups excluding carboxylic acids is 1. The van der Waals surface area contributed by atoms with Gasteiger partial charge in [-0.25, -0.2) is 9.97 Å². The molecule has 5 heterocycles. The molecule has 2 N–H and O–H groups in total. The number of halogens is 1. The second-order valence-electron chi connectivity index (χ2n) is 11.1. The van der Waals surface area contributed by atoms with E-state index in [-0.39, 0.29) is 11.8 Å². The van der Waals surface area contributed by atoms with E-state index in [1.807, 2.05) is 17.5 Å². The zero-order valence-electron chi connectivity index (χ0n) is 22.9. The lowest BCUT2D eigenvalue weighted by atomic mass is 9.94. The molecular formula is C29H35ClN6O3S2. The lowest BCUT2D eigenvalue weighted by Gasteiger charge is -2.41. The van der Waals surface area contributed by atoms with E-state index in [2.05, 4.69) is 25.0 Å². The monoisotopic (exact) mass is 614 g/mol. The van der Waals surface area contributed by atoms with E-state index < -0.39 is 5.97 Å². The average molecular weight is 615 g/mol. The Morgan fingerprint density at radius 3 is 2.37 bits per heavy atom. The van der Waals surface area contributed by atoms with Gasteiger partial charge in [0.15, 0.2) is 5.13 Å². The Balaban J connectivity index is 1.13. The number of amides is 1. The van der Waals surface area contributed by atoms with Gasteiger partial charge < -0.3 is 14.9 Å². The molecule has 218 valence electrons. The average Bonchev–Trinajstić information content (AvgIpc) is 3.64. The standard InChI is InChI=1S/C29H35ClN6O3S2/c30-21-16-23(40-18-21)25-27(36-14-12-34(13-15-36)22-4-2-1-3-5-22)41-29(32-25)33-26(37)20-6-7-24(31-17-20)35-10-8-19(9-11-35)28(38)39/h6-7,16-19,22H,1-5,8-15H2,(H,38,39)(H,32,33,37). The molecule has 0 spiro atoms. The number of piperazine rings is 1. The number of carboxylic acids is 1. The van der Waals surface area contributed by atoms with Crippen molar-refractivity contribution in [3.05, 3.63) is 40.4 Å². The molecule has 3 aromatic rings. The van der Waals surface area contributed by atoms with Crippen molar-refractivity contribution < 1.29 is 14.7 Å². The number of aliphatic carboxylic acids is 1. The van der Waals surface area contributed by atoms with Crippen LogP contribution in [0.3, 0.4) is 0 Å². The third-order valence-corrected chi connectivity index (χ3v) is 10.8. The van der Waals surface area contributed by atoms with Crippen molar-refractivity contribution in [2.45, 2.75) is 51.0 Å². The summed E-state index contributed by atoms with van der Waals surface area (Å²) in [6.45, 7) is 5.24. The topological polar surface area (TPSA) is 102 Å². The fourth-order valence-corrected chi connectivity index (χ4v) is 8.30. The molecule has 1 aliphatic carbocycles. The Hall–Kier alpha value is -2.73. The molecule has 2 saturated heterocycles. The Kier molecular flexibility index (Phi) is 8.76. The van der Waals surface area contributed by atoms with Crippen LogP contribution in [0.1, 0.15) is 55.3 Å². The molecule has 3 aromatic heterocycles. The number of rotatable bonds is 7. The summed E-state index contributed by atoms with van der Waals surface area (Å²) in [6.07, 6.45) is 9.45. The summed E-state index contributed by atoms with van der Waals surface area (Å²) in [6, 6.07) is 6.25. The summed E-state index contributed by atoms with van der Waals surface area (Å²) in [7, 11) is 0. The first kappa shape index (κ1) is 28.4. The van der Waals surface area contributed by atoms with Crippen molar-refractivity contribution in [3.8, 4) is 10.6 Å². The summed E-state index contributed by atoms with van der Waals surface area (Å²) in [5.41, 5.74) is 1.32. The van der Waals surface area contributed by atoms with E-state index in [0.29, 0.717) is 47.7 Å². The summed E-state index contributed by atoms with van der Waals surface area (Å²) >= 11 is 9.35. The van der Waals surface area contributed by atoms with E-state index >= 15 is 0 Å². The zero-order valence-corrected chi connectivity index (χ0v) is 25.3. The van der Waals surface area contributed by atoms with E-state index in [0.717, 1.165) is 47.6 Å². The Morgan fingerprint density at radius 2 is 1.73 bits per heavy atom. The van der Waals surface area contributed by atoms with E-state index in [9.17, 15) is 14.7 Å². The Labute approximate surface area is 253 Å². The van der Waals surface area contributed by atoms with Crippen LogP contribution in [0.5, 0.6) is 0 Å². The molecule has 1 amide bonds. The highest BCUT2D eigenvalue weighted by atomic mass is 35.5. The minimum Gasteiger partial charge on any atom is -0.481 e.